The molecule has 0 radical (unpaired) electrons. The molecule has 3 rings (SSSR count). The molecule has 6 nitrogen and oxygen atoms in total. The first-order valence-electron chi connectivity index (χ1n) is 8.96. The van der Waals surface area contributed by atoms with Gasteiger partial charge in [-0.05, 0) is 44.7 Å². The average Bonchev–Trinajstić information content (AvgIpc) is 3.30. The van der Waals surface area contributed by atoms with Crippen molar-refractivity contribution in [2.45, 2.75) is 39.2 Å². The summed E-state index contributed by atoms with van der Waals surface area (Å²) in [6, 6.07) is 1.90. The van der Waals surface area contributed by atoms with Crippen LogP contribution in [0.25, 0.3) is 6.08 Å². The Balaban J connectivity index is 1.50. The number of hydrogen-bond donors (Lipinski definition) is 0. The second-order valence-electron chi connectivity index (χ2n) is 6.54. The molecule has 2 amide bonds. The first kappa shape index (κ1) is 16.7. The maximum absolute atomic E-state index is 12.4. The molecule has 0 atom stereocenters. The highest BCUT2D eigenvalue weighted by Gasteiger charge is 2.30. The Labute approximate surface area is 143 Å². The number of carbonyl (C=O) groups excluding carboxylic acids is 2. The lowest BCUT2D eigenvalue weighted by molar-refractivity contribution is -0.138. The summed E-state index contributed by atoms with van der Waals surface area (Å²) in [6.07, 6.45) is 8.99. The van der Waals surface area contributed by atoms with Gasteiger partial charge in [0.15, 0.2) is 0 Å². The number of aryl methyl sites for hydroxylation is 1. The second-order valence-corrected chi connectivity index (χ2v) is 6.54. The molecule has 3 heterocycles. The van der Waals surface area contributed by atoms with Gasteiger partial charge in [-0.1, -0.05) is 0 Å². The van der Waals surface area contributed by atoms with E-state index in [0.29, 0.717) is 19.0 Å². The minimum absolute atomic E-state index is 0.0194. The van der Waals surface area contributed by atoms with Crippen molar-refractivity contribution in [2.24, 2.45) is 5.92 Å². The van der Waals surface area contributed by atoms with E-state index in [1.165, 1.54) is 0 Å². The van der Waals surface area contributed by atoms with Crippen molar-refractivity contribution in [1.82, 2.24) is 19.6 Å². The van der Waals surface area contributed by atoms with E-state index in [-0.39, 0.29) is 11.8 Å². The van der Waals surface area contributed by atoms with Gasteiger partial charge in [0.1, 0.15) is 0 Å². The van der Waals surface area contributed by atoms with Gasteiger partial charge in [-0.15, -0.1) is 0 Å². The molecule has 0 spiro atoms. The van der Waals surface area contributed by atoms with Crippen LogP contribution in [0, 0.1) is 5.92 Å². The predicted octanol–water partition coefficient (Wildman–Crippen LogP) is 1.78. The van der Waals surface area contributed by atoms with Crippen molar-refractivity contribution in [3.8, 4) is 0 Å². The molecule has 130 valence electrons. The number of carbonyl (C=O) groups is 2. The predicted molar refractivity (Wildman–Crippen MR) is 92.1 cm³/mol. The molecule has 0 bridgehead atoms. The lowest BCUT2D eigenvalue weighted by Crippen LogP contribution is -2.43. The van der Waals surface area contributed by atoms with Crippen LogP contribution in [-0.4, -0.2) is 57.6 Å². The van der Waals surface area contributed by atoms with Gasteiger partial charge in [-0.3, -0.25) is 14.3 Å². The number of piperidine rings is 1. The number of likely N-dealkylation sites (tertiary alicyclic amines) is 2. The molecule has 6 heteroatoms. The van der Waals surface area contributed by atoms with Crippen LogP contribution in [0.1, 0.15) is 38.3 Å². The molecule has 2 aliphatic heterocycles. The van der Waals surface area contributed by atoms with Crippen LogP contribution < -0.4 is 0 Å². The molecular weight excluding hydrogens is 304 g/mol. The van der Waals surface area contributed by atoms with Gasteiger partial charge < -0.3 is 9.80 Å². The van der Waals surface area contributed by atoms with Crippen molar-refractivity contribution >= 4 is 17.9 Å². The molecule has 0 saturated carbocycles. The number of aromatic nitrogens is 2. The Kier molecular flexibility index (Phi) is 5.33. The minimum atomic E-state index is 0.0194. The average molecular weight is 330 g/mol. The molecule has 2 saturated heterocycles. The fraction of sp³-hybridized carbons (Fsp3) is 0.611. The van der Waals surface area contributed by atoms with E-state index in [2.05, 4.69) is 5.10 Å². The maximum Gasteiger partial charge on any atom is 0.246 e. The van der Waals surface area contributed by atoms with E-state index < -0.39 is 0 Å². The first-order chi connectivity index (χ1) is 11.7. The highest BCUT2D eigenvalue weighted by molar-refractivity contribution is 5.91. The van der Waals surface area contributed by atoms with Gasteiger partial charge >= 0.3 is 0 Å². The monoisotopic (exact) mass is 330 g/mol. The quantitative estimate of drug-likeness (QED) is 0.791. The van der Waals surface area contributed by atoms with Crippen molar-refractivity contribution in [3.63, 3.8) is 0 Å². The van der Waals surface area contributed by atoms with Crippen molar-refractivity contribution in [3.05, 3.63) is 24.0 Å². The van der Waals surface area contributed by atoms with E-state index in [1.807, 2.05) is 33.5 Å². The normalized spacial score (nSPS) is 19.4. The van der Waals surface area contributed by atoms with E-state index >= 15 is 0 Å². The SMILES string of the molecule is CCn1nccc1/C=C/C(=O)N1CCC(C(=O)N2CCCC2)CC1. The highest BCUT2D eigenvalue weighted by Crippen LogP contribution is 2.22. The zero-order valence-electron chi connectivity index (χ0n) is 14.4. The third kappa shape index (κ3) is 3.68. The standard InChI is InChI=1S/C18H26N4O2/c1-2-22-16(7-10-19-22)5-6-17(23)20-13-8-15(9-14-20)18(24)21-11-3-4-12-21/h5-7,10,15H,2-4,8-9,11-14H2,1H3/b6-5+. The van der Waals surface area contributed by atoms with Crippen LogP contribution in [0.5, 0.6) is 0 Å². The molecule has 0 N–H and O–H groups in total. The smallest absolute Gasteiger partial charge is 0.246 e. The Bertz CT molecular complexity index is 608. The number of rotatable bonds is 4. The van der Waals surface area contributed by atoms with Crippen molar-refractivity contribution in [1.29, 1.82) is 0 Å². The second kappa shape index (κ2) is 7.64. The van der Waals surface area contributed by atoms with E-state index in [9.17, 15) is 9.59 Å². The Morgan fingerprint density at radius 3 is 2.54 bits per heavy atom. The van der Waals surface area contributed by atoms with Crippen LogP contribution >= 0.6 is 0 Å². The summed E-state index contributed by atoms with van der Waals surface area (Å²) < 4.78 is 1.85. The summed E-state index contributed by atoms with van der Waals surface area (Å²) in [5.41, 5.74) is 0.935. The number of amides is 2. The molecule has 24 heavy (non-hydrogen) atoms. The van der Waals surface area contributed by atoms with Crippen molar-refractivity contribution < 1.29 is 9.59 Å². The fourth-order valence-corrected chi connectivity index (χ4v) is 3.55. The van der Waals surface area contributed by atoms with E-state index in [4.69, 9.17) is 0 Å². The number of nitrogens with zero attached hydrogens (tertiary/aromatic N) is 4. The van der Waals surface area contributed by atoms with Gasteiger partial charge in [0.05, 0.1) is 5.69 Å². The lowest BCUT2D eigenvalue weighted by Gasteiger charge is -2.32. The molecule has 2 fully saturated rings. The zero-order valence-corrected chi connectivity index (χ0v) is 14.4. The van der Waals surface area contributed by atoms with Crippen LogP contribution in [0.4, 0.5) is 0 Å². The van der Waals surface area contributed by atoms with Gasteiger partial charge in [0, 0.05) is 50.9 Å². The maximum atomic E-state index is 12.4. The Morgan fingerprint density at radius 1 is 1.17 bits per heavy atom. The van der Waals surface area contributed by atoms with Gasteiger partial charge in [0.25, 0.3) is 0 Å². The topological polar surface area (TPSA) is 58.4 Å². The molecule has 2 aliphatic rings. The summed E-state index contributed by atoms with van der Waals surface area (Å²) in [6.45, 7) is 5.96. The van der Waals surface area contributed by atoms with Gasteiger partial charge in [-0.25, -0.2) is 0 Å². The summed E-state index contributed by atoms with van der Waals surface area (Å²) in [5.74, 6) is 0.408. The summed E-state index contributed by atoms with van der Waals surface area (Å²) in [5, 5.41) is 4.19. The summed E-state index contributed by atoms with van der Waals surface area (Å²) >= 11 is 0. The third-order valence-corrected chi connectivity index (χ3v) is 5.02. The van der Waals surface area contributed by atoms with Crippen LogP contribution in [-0.2, 0) is 16.1 Å². The van der Waals surface area contributed by atoms with Crippen LogP contribution in [0.3, 0.4) is 0 Å². The number of hydrogen-bond acceptors (Lipinski definition) is 3. The minimum Gasteiger partial charge on any atom is -0.342 e. The summed E-state index contributed by atoms with van der Waals surface area (Å²) in [4.78, 5) is 28.6. The molecule has 1 aromatic heterocycles. The highest BCUT2D eigenvalue weighted by atomic mass is 16.2. The van der Waals surface area contributed by atoms with Crippen LogP contribution in [0.2, 0.25) is 0 Å². The third-order valence-electron chi connectivity index (χ3n) is 5.02. The Hall–Kier alpha value is -2.11. The van der Waals surface area contributed by atoms with Gasteiger partial charge in [0.2, 0.25) is 11.8 Å². The molecule has 0 aliphatic carbocycles. The van der Waals surface area contributed by atoms with E-state index in [1.54, 1.807) is 12.3 Å². The fourth-order valence-electron chi connectivity index (χ4n) is 3.55. The molecule has 0 aromatic carbocycles. The molecular formula is C18H26N4O2. The largest absolute Gasteiger partial charge is 0.342 e. The lowest BCUT2D eigenvalue weighted by atomic mass is 9.95. The van der Waals surface area contributed by atoms with Crippen molar-refractivity contribution in [2.75, 3.05) is 26.2 Å². The summed E-state index contributed by atoms with van der Waals surface area (Å²) in [7, 11) is 0. The molecule has 0 unspecified atom stereocenters. The first-order valence-corrected chi connectivity index (χ1v) is 8.96. The van der Waals surface area contributed by atoms with Crippen LogP contribution in [0.15, 0.2) is 18.3 Å². The van der Waals surface area contributed by atoms with Gasteiger partial charge in [-0.2, -0.15) is 5.10 Å². The van der Waals surface area contributed by atoms with E-state index in [0.717, 1.165) is 51.0 Å². The Morgan fingerprint density at radius 2 is 1.88 bits per heavy atom. The molecule has 1 aromatic rings. The zero-order chi connectivity index (χ0) is 16.9.